The number of benzene rings is 2. The Balaban J connectivity index is 1.75. The molecule has 9 nitrogen and oxygen atoms in total. The molecule has 0 radical (unpaired) electrons. The van der Waals surface area contributed by atoms with Crippen molar-refractivity contribution in [2.45, 2.75) is 70.0 Å². The first-order valence-corrected chi connectivity index (χ1v) is 15.1. The van der Waals surface area contributed by atoms with Gasteiger partial charge >= 0.3 is 13.6 Å². The van der Waals surface area contributed by atoms with E-state index in [0.29, 0.717) is 24.9 Å². The van der Waals surface area contributed by atoms with Gasteiger partial charge in [-0.1, -0.05) is 75.2 Å². The van der Waals surface area contributed by atoms with Gasteiger partial charge in [0, 0.05) is 5.69 Å². The van der Waals surface area contributed by atoms with Gasteiger partial charge in [-0.2, -0.15) is 0 Å². The second-order valence-corrected chi connectivity index (χ2v) is 13.0. The minimum absolute atomic E-state index is 0.0123. The van der Waals surface area contributed by atoms with E-state index < -0.39 is 54.5 Å². The quantitative estimate of drug-likeness (QED) is 0.343. The third kappa shape index (κ3) is 5.28. The molecular weight excluding hydrogens is 519 g/mol. The predicted molar refractivity (Wildman–Crippen MR) is 147 cm³/mol. The van der Waals surface area contributed by atoms with E-state index in [0.717, 1.165) is 11.1 Å². The zero-order valence-electron chi connectivity index (χ0n) is 22.4. The second kappa shape index (κ2) is 11.2. The van der Waals surface area contributed by atoms with Crippen molar-refractivity contribution in [3.8, 4) is 0 Å². The maximum atomic E-state index is 14.3. The molecule has 10 heteroatoms. The molecule has 0 saturated heterocycles. The Morgan fingerprint density at radius 1 is 1.08 bits per heavy atom. The normalized spacial score (nSPS) is 20.7. The first-order chi connectivity index (χ1) is 18.4. The van der Waals surface area contributed by atoms with Crippen molar-refractivity contribution in [3.63, 3.8) is 0 Å². The monoisotopic (exact) mass is 556 g/mol. The summed E-state index contributed by atoms with van der Waals surface area (Å²) in [5.41, 5.74) is 0.609. The first kappa shape index (κ1) is 29.0. The molecule has 0 bridgehead atoms. The summed E-state index contributed by atoms with van der Waals surface area (Å²) in [6.07, 6.45) is 2.53. The minimum atomic E-state index is -4.89. The smallest absolute Gasteiger partial charge is 0.333 e. The molecule has 210 valence electrons. The molecule has 1 fully saturated rings. The van der Waals surface area contributed by atoms with Crippen LogP contribution in [0, 0.1) is 11.3 Å². The lowest BCUT2D eigenvalue weighted by atomic mass is 9.64. The average Bonchev–Trinajstić information content (AvgIpc) is 3.35. The summed E-state index contributed by atoms with van der Waals surface area (Å²) in [7, 11) is -4.89. The molecule has 4 N–H and O–H groups in total. The highest BCUT2D eigenvalue weighted by Gasteiger charge is 2.67. The van der Waals surface area contributed by atoms with Crippen molar-refractivity contribution in [1.29, 1.82) is 0 Å². The molecule has 0 aromatic heterocycles. The van der Waals surface area contributed by atoms with E-state index in [1.165, 1.54) is 4.90 Å². The van der Waals surface area contributed by atoms with Crippen molar-refractivity contribution in [1.82, 2.24) is 5.32 Å². The van der Waals surface area contributed by atoms with Crippen LogP contribution in [0.15, 0.2) is 54.6 Å². The largest absolute Gasteiger partial charge is 0.480 e. The molecule has 2 aliphatic rings. The van der Waals surface area contributed by atoms with Crippen LogP contribution in [0.1, 0.15) is 57.1 Å². The molecule has 4 rings (SSSR count). The zero-order valence-corrected chi connectivity index (χ0v) is 23.3. The number of carbonyl (C=O) groups is 3. The summed E-state index contributed by atoms with van der Waals surface area (Å²) >= 11 is 0. The summed E-state index contributed by atoms with van der Waals surface area (Å²) in [6, 6.07) is 15.1. The molecule has 1 saturated carbocycles. The lowest BCUT2D eigenvalue weighted by Crippen LogP contribution is -2.62. The van der Waals surface area contributed by atoms with Crippen LogP contribution in [0.2, 0.25) is 0 Å². The van der Waals surface area contributed by atoms with Crippen molar-refractivity contribution in [2.75, 3.05) is 11.4 Å². The van der Waals surface area contributed by atoms with Gasteiger partial charge in [0.15, 0.2) is 0 Å². The van der Waals surface area contributed by atoms with Gasteiger partial charge in [0.05, 0.1) is 10.6 Å². The summed E-state index contributed by atoms with van der Waals surface area (Å²) in [4.78, 5) is 62.8. The maximum Gasteiger partial charge on any atom is 0.333 e. The van der Waals surface area contributed by atoms with Gasteiger partial charge in [-0.3, -0.25) is 23.8 Å². The van der Waals surface area contributed by atoms with Crippen LogP contribution >= 0.6 is 7.60 Å². The highest BCUT2D eigenvalue weighted by atomic mass is 31.2. The van der Waals surface area contributed by atoms with Crippen LogP contribution in [0.25, 0.3) is 0 Å². The van der Waals surface area contributed by atoms with Gasteiger partial charge in [0.25, 0.3) is 0 Å². The van der Waals surface area contributed by atoms with Crippen LogP contribution in [0.3, 0.4) is 0 Å². The van der Waals surface area contributed by atoms with E-state index >= 15 is 0 Å². The predicted octanol–water partition coefficient (Wildman–Crippen LogP) is 3.91. The van der Waals surface area contributed by atoms with Gasteiger partial charge in [-0.25, -0.2) is 0 Å². The number of hydrogen-bond acceptors (Lipinski definition) is 4. The standard InChI is InChI=1S/C29H37N2O7P/c1-20(2)29(39(36,37)38,18-21-10-4-3-5-11-21)28(16-8-9-17-28)27(35)30-23-15-14-22-12-6-7-13-24(22)31(26(23)34)19-25(32)33/h3-7,10-13,20,23H,8-9,14-19H2,1-2H3,(H,30,35)(H,32,33)(H2,36,37,38)/t23-,29?/m0/s1. The number of fused-ring (bicyclic) bond motifs is 1. The first-order valence-electron chi connectivity index (χ1n) is 13.4. The highest BCUT2D eigenvalue weighted by Crippen LogP contribution is 2.68. The minimum Gasteiger partial charge on any atom is -0.480 e. The highest BCUT2D eigenvalue weighted by molar-refractivity contribution is 7.53. The lowest BCUT2D eigenvalue weighted by molar-refractivity contribution is -0.138. The van der Waals surface area contributed by atoms with E-state index in [4.69, 9.17) is 0 Å². The topological polar surface area (TPSA) is 144 Å². The molecule has 0 spiro atoms. The van der Waals surface area contributed by atoms with Gasteiger partial charge in [-0.15, -0.1) is 0 Å². The number of aryl methyl sites for hydroxylation is 1. The number of nitrogens with zero attached hydrogens (tertiary/aromatic N) is 1. The number of anilines is 1. The van der Waals surface area contributed by atoms with Crippen LogP contribution in [0.4, 0.5) is 5.69 Å². The van der Waals surface area contributed by atoms with Crippen molar-refractivity contribution < 1.29 is 33.8 Å². The number of para-hydroxylation sites is 1. The molecule has 1 heterocycles. The van der Waals surface area contributed by atoms with Gasteiger partial charge in [0.1, 0.15) is 12.6 Å². The third-order valence-corrected chi connectivity index (χ3v) is 10.8. The van der Waals surface area contributed by atoms with Gasteiger partial charge in [0.2, 0.25) is 11.8 Å². The SMILES string of the molecule is CC(C)C(Cc1ccccc1)(C1(C(=O)N[C@H]2CCc3ccccc3N(CC(=O)O)C2=O)CCCC1)P(=O)(O)O. The average molecular weight is 557 g/mol. The fraction of sp³-hybridized carbons (Fsp3) is 0.483. The number of hydrogen-bond donors (Lipinski definition) is 4. The molecular formula is C29H37N2O7P. The summed E-state index contributed by atoms with van der Waals surface area (Å²) < 4.78 is 13.5. The van der Waals surface area contributed by atoms with Crippen molar-refractivity contribution >= 4 is 31.1 Å². The van der Waals surface area contributed by atoms with E-state index in [2.05, 4.69) is 5.32 Å². The fourth-order valence-electron chi connectivity index (χ4n) is 6.83. The van der Waals surface area contributed by atoms with E-state index in [1.807, 2.05) is 30.3 Å². The Kier molecular flexibility index (Phi) is 8.36. The molecule has 1 aliphatic carbocycles. The number of carboxylic acid groups (broad SMARTS) is 1. The van der Waals surface area contributed by atoms with E-state index in [9.17, 15) is 33.8 Å². The third-order valence-electron chi connectivity index (χ3n) is 8.66. The Morgan fingerprint density at radius 2 is 1.69 bits per heavy atom. The molecule has 2 aromatic carbocycles. The lowest BCUT2D eigenvalue weighted by Gasteiger charge is -2.50. The fourth-order valence-corrected chi connectivity index (χ4v) is 8.77. The van der Waals surface area contributed by atoms with Gasteiger partial charge in [-0.05, 0) is 55.2 Å². The van der Waals surface area contributed by atoms with Crippen LogP contribution < -0.4 is 10.2 Å². The number of aliphatic carboxylic acids is 1. The summed E-state index contributed by atoms with van der Waals surface area (Å²) in [6.45, 7) is 2.94. The number of carbonyl (C=O) groups excluding carboxylic acids is 2. The molecule has 1 unspecified atom stereocenters. The van der Waals surface area contributed by atoms with Crippen LogP contribution in [-0.4, -0.2) is 50.4 Å². The Morgan fingerprint density at radius 3 is 2.28 bits per heavy atom. The summed E-state index contributed by atoms with van der Waals surface area (Å²) in [5.74, 6) is -2.83. The van der Waals surface area contributed by atoms with Crippen molar-refractivity contribution in [3.05, 3.63) is 65.7 Å². The Bertz CT molecular complexity index is 1270. The summed E-state index contributed by atoms with van der Waals surface area (Å²) in [5, 5.41) is 10.7. The van der Waals surface area contributed by atoms with Crippen LogP contribution in [0.5, 0.6) is 0 Å². The number of nitrogens with one attached hydrogen (secondary N) is 1. The Hall–Kier alpha value is -3.00. The molecule has 39 heavy (non-hydrogen) atoms. The number of carboxylic acids is 1. The van der Waals surface area contributed by atoms with Gasteiger partial charge < -0.3 is 20.2 Å². The van der Waals surface area contributed by atoms with Crippen molar-refractivity contribution in [2.24, 2.45) is 11.3 Å². The number of rotatable bonds is 9. The van der Waals surface area contributed by atoms with E-state index in [-0.39, 0.29) is 25.7 Å². The molecule has 2 atom stereocenters. The molecule has 1 aliphatic heterocycles. The zero-order chi connectivity index (χ0) is 28.4. The Labute approximate surface area is 228 Å². The maximum absolute atomic E-state index is 14.3. The molecule has 2 aromatic rings. The number of amides is 2. The van der Waals surface area contributed by atoms with E-state index in [1.54, 1.807) is 38.1 Å². The molecule has 2 amide bonds. The van der Waals surface area contributed by atoms with Crippen LogP contribution in [-0.2, 0) is 31.8 Å². The second-order valence-electron chi connectivity index (χ2n) is 11.1.